The van der Waals surface area contributed by atoms with Crippen LogP contribution in [0.5, 0.6) is 0 Å². The van der Waals surface area contributed by atoms with Crippen molar-refractivity contribution < 1.29 is 14.0 Å². The summed E-state index contributed by atoms with van der Waals surface area (Å²) in [5.74, 6) is -0.746. The Bertz CT molecular complexity index is 850. The van der Waals surface area contributed by atoms with E-state index in [1.165, 1.54) is 17.0 Å². The standard InChI is InChI=1S/C17H17BrClFN4O2/c1-3-24-8-10(18)14(21-24)9-23(2)17(25)15-7-13(22-26-15)16-11(19)5-4-6-12(16)20/h4-6,8,15H,3,7,9H2,1-2H3. The number of aromatic nitrogens is 2. The minimum absolute atomic E-state index is 0.161. The zero-order chi connectivity index (χ0) is 18.8. The van der Waals surface area contributed by atoms with Gasteiger partial charge in [0, 0.05) is 26.2 Å². The molecule has 1 atom stereocenters. The van der Waals surface area contributed by atoms with Gasteiger partial charge in [0.05, 0.1) is 33.0 Å². The molecular formula is C17H17BrClFN4O2. The smallest absolute Gasteiger partial charge is 0.267 e. The van der Waals surface area contributed by atoms with E-state index in [2.05, 4.69) is 26.2 Å². The molecule has 1 aromatic carbocycles. The molecule has 26 heavy (non-hydrogen) atoms. The van der Waals surface area contributed by atoms with Crippen LogP contribution in [-0.2, 0) is 22.7 Å². The van der Waals surface area contributed by atoms with Crippen molar-refractivity contribution in [2.75, 3.05) is 7.05 Å². The fraction of sp³-hybridized carbons (Fsp3) is 0.353. The summed E-state index contributed by atoms with van der Waals surface area (Å²) in [6, 6.07) is 4.39. The van der Waals surface area contributed by atoms with E-state index in [0.29, 0.717) is 12.3 Å². The second-order valence-electron chi connectivity index (χ2n) is 5.91. The minimum atomic E-state index is -0.808. The third-order valence-corrected chi connectivity index (χ3v) is 5.05. The largest absolute Gasteiger partial charge is 0.382 e. The number of oxime groups is 1. The maximum Gasteiger partial charge on any atom is 0.267 e. The average Bonchev–Trinajstić information content (AvgIpc) is 3.21. The summed E-state index contributed by atoms with van der Waals surface area (Å²) in [6.45, 7) is 3.04. The van der Waals surface area contributed by atoms with Gasteiger partial charge in [-0.3, -0.25) is 9.48 Å². The summed E-state index contributed by atoms with van der Waals surface area (Å²) in [7, 11) is 1.66. The molecule has 0 bridgehead atoms. The summed E-state index contributed by atoms with van der Waals surface area (Å²) in [5.41, 5.74) is 1.26. The molecule has 2 heterocycles. The van der Waals surface area contributed by atoms with Crippen molar-refractivity contribution in [2.45, 2.75) is 32.5 Å². The molecule has 0 saturated heterocycles. The van der Waals surface area contributed by atoms with Crippen molar-refractivity contribution in [3.63, 3.8) is 0 Å². The number of nitrogens with zero attached hydrogens (tertiary/aromatic N) is 4. The molecule has 0 spiro atoms. The Hall–Kier alpha value is -1.93. The number of carbonyl (C=O) groups is 1. The van der Waals surface area contributed by atoms with Crippen molar-refractivity contribution in [2.24, 2.45) is 5.16 Å². The van der Waals surface area contributed by atoms with Gasteiger partial charge in [0.1, 0.15) is 5.82 Å². The van der Waals surface area contributed by atoms with Crippen LogP contribution in [0, 0.1) is 5.82 Å². The first-order chi connectivity index (χ1) is 12.4. The number of hydrogen-bond acceptors (Lipinski definition) is 4. The number of halogens is 3. The number of aryl methyl sites for hydroxylation is 1. The highest BCUT2D eigenvalue weighted by Crippen LogP contribution is 2.26. The van der Waals surface area contributed by atoms with Crippen molar-refractivity contribution in [3.05, 3.63) is 51.0 Å². The summed E-state index contributed by atoms with van der Waals surface area (Å²) in [5, 5.41) is 8.51. The first kappa shape index (κ1) is 18.8. The van der Waals surface area contributed by atoms with Gasteiger partial charge < -0.3 is 9.74 Å². The summed E-state index contributed by atoms with van der Waals surface area (Å²) < 4.78 is 16.6. The lowest BCUT2D eigenvalue weighted by Gasteiger charge is -2.19. The van der Waals surface area contributed by atoms with E-state index in [-0.39, 0.29) is 22.9 Å². The van der Waals surface area contributed by atoms with Crippen molar-refractivity contribution in [3.8, 4) is 0 Å². The lowest BCUT2D eigenvalue weighted by Crippen LogP contribution is -2.36. The number of benzene rings is 1. The van der Waals surface area contributed by atoms with E-state index in [1.54, 1.807) is 17.8 Å². The SMILES string of the molecule is CCn1cc(Br)c(CN(C)C(=O)C2CC(c3c(F)cccc3Cl)=NO2)n1. The Balaban J connectivity index is 1.67. The Morgan fingerprint density at radius 1 is 1.54 bits per heavy atom. The van der Waals surface area contributed by atoms with Gasteiger partial charge in [-0.1, -0.05) is 22.8 Å². The molecule has 0 radical (unpaired) electrons. The molecule has 3 rings (SSSR count). The molecule has 1 aliphatic rings. The van der Waals surface area contributed by atoms with Crippen LogP contribution >= 0.6 is 27.5 Å². The van der Waals surface area contributed by atoms with Crippen LogP contribution in [-0.4, -0.2) is 39.5 Å². The summed E-state index contributed by atoms with van der Waals surface area (Å²) >= 11 is 9.50. The van der Waals surface area contributed by atoms with Gasteiger partial charge in [0.25, 0.3) is 5.91 Å². The van der Waals surface area contributed by atoms with Crippen molar-refractivity contribution in [1.82, 2.24) is 14.7 Å². The Morgan fingerprint density at radius 2 is 2.31 bits per heavy atom. The molecule has 9 heteroatoms. The summed E-state index contributed by atoms with van der Waals surface area (Å²) in [6.07, 6.45) is 1.22. The zero-order valence-electron chi connectivity index (χ0n) is 14.2. The Morgan fingerprint density at radius 3 is 2.96 bits per heavy atom. The Labute approximate surface area is 163 Å². The first-order valence-electron chi connectivity index (χ1n) is 8.04. The fourth-order valence-corrected chi connectivity index (χ4v) is 3.40. The molecule has 0 N–H and O–H groups in total. The van der Waals surface area contributed by atoms with E-state index in [1.807, 2.05) is 13.1 Å². The predicted molar refractivity (Wildman–Crippen MR) is 99.5 cm³/mol. The second kappa shape index (κ2) is 7.75. The molecule has 6 nitrogen and oxygen atoms in total. The van der Waals surface area contributed by atoms with Crippen LogP contribution in [0.2, 0.25) is 5.02 Å². The van der Waals surface area contributed by atoms with Gasteiger partial charge in [-0.2, -0.15) is 5.10 Å². The number of hydrogen-bond donors (Lipinski definition) is 0. The molecule has 0 saturated carbocycles. The number of carbonyl (C=O) groups excluding carboxylic acids is 1. The lowest BCUT2D eigenvalue weighted by molar-refractivity contribution is -0.141. The van der Waals surface area contributed by atoms with Gasteiger partial charge in [-0.15, -0.1) is 0 Å². The van der Waals surface area contributed by atoms with Crippen LogP contribution < -0.4 is 0 Å². The van der Waals surface area contributed by atoms with E-state index >= 15 is 0 Å². The number of amides is 1. The van der Waals surface area contributed by atoms with Gasteiger partial charge >= 0.3 is 0 Å². The maximum atomic E-state index is 14.0. The van der Waals surface area contributed by atoms with Crippen LogP contribution in [0.25, 0.3) is 0 Å². The van der Waals surface area contributed by atoms with E-state index in [0.717, 1.165) is 16.7 Å². The van der Waals surface area contributed by atoms with E-state index in [4.69, 9.17) is 16.4 Å². The van der Waals surface area contributed by atoms with Crippen LogP contribution in [0.3, 0.4) is 0 Å². The third-order valence-electron chi connectivity index (χ3n) is 4.07. The predicted octanol–water partition coefficient (Wildman–Crippen LogP) is 3.61. The van der Waals surface area contributed by atoms with Gasteiger partial charge in [-0.05, 0) is 35.0 Å². The third kappa shape index (κ3) is 3.76. The molecular weight excluding hydrogens is 427 g/mol. The first-order valence-corrected chi connectivity index (χ1v) is 9.21. The highest BCUT2D eigenvalue weighted by atomic mass is 79.9. The maximum absolute atomic E-state index is 14.0. The Kier molecular flexibility index (Phi) is 5.62. The zero-order valence-corrected chi connectivity index (χ0v) is 16.6. The fourth-order valence-electron chi connectivity index (χ4n) is 2.69. The van der Waals surface area contributed by atoms with Crippen molar-refractivity contribution in [1.29, 1.82) is 0 Å². The van der Waals surface area contributed by atoms with Crippen molar-refractivity contribution >= 4 is 39.1 Å². The molecule has 2 aromatic rings. The molecule has 138 valence electrons. The second-order valence-corrected chi connectivity index (χ2v) is 7.17. The van der Waals surface area contributed by atoms with E-state index in [9.17, 15) is 9.18 Å². The normalized spacial score (nSPS) is 16.3. The lowest BCUT2D eigenvalue weighted by atomic mass is 10.0. The van der Waals surface area contributed by atoms with Crippen LogP contribution in [0.4, 0.5) is 4.39 Å². The number of rotatable bonds is 5. The average molecular weight is 444 g/mol. The van der Waals surface area contributed by atoms with Crippen LogP contribution in [0.1, 0.15) is 24.6 Å². The highest BCUT2D eigenvalue weighted by Gasteiger charge is 2.33. The van der Waals surface area contributed by atoms with Gasteiger partial charge in [0.15, 0.2) is 0 Å². The highest BCUT2D eigenvalue weighted by molar-refractivity contribution is 9.10. The van der Waals surface area contributed by atoms with E-state index < -0.39 is 11.9 Å². The molecule has 1 aliphatic heterocycles. The molecule has 0 aliphatic carbocycles. The van der Waals surface area contributed by atoms with Crippen LogP contribution in [0.15, 0.2) is 34.0 Å². The topological polar surface area (TPSA) is 59.7 Å². The molecule has 0 fully saturated rings. The molecule has 1 aromatic heterocycles. The van der Waals surface area contributed by atoms with Gasteiger partial charge in [-0.25, -0.2) is 4.39 Å². The molecule has 1 unspecified atom stereocenters. The summed E-state index contributed by atoms with van der Waals surface area (Å²) in [4.78, 5) is 19.4. The number of likely N-dealkylation sites (N-methyl/N-ethyl adjacent to an activating group) is 1. The quantitative estimate of drug-likeness (QED) is 0.709. The minimum Gasteiger partial charge on any atom is -0.382 e. The monoisotopic (exact) mass is 442 g/mol. The molecule has 1 amide bonds. The van der Waals surface area contributed by atoms with Gasteiger partial charge in [0.2, 0.25) is 6.10 Å².